The van der Waals surface area contributed by atoms with Crippen LogP contribution in [0.4, 0.5) is 0 Å². The monoisotopic (exact) mass is 207 g/mol. The summed E-state index contributed by atoms with van der Waals surface area (Å²) in [7, 11) is -3.81. The zero-order valence-electron chi connectivity index (χ0n) is 5.53. The van der Waals surface area contributed by atoms with Crippen molar-refractivity contribution in [3.63, 3.8) is 0 Å². The van der Waals surface area contributed by atoms with Gasteiger partial charge in [-0.2, -0.15) is 8.42 Å². The van der Waals surface area contributed by atoms with Crippen LogP contribution in [0.2, 0.25) is 0 Å². The average molecular weight is 207 g/mol. The van der Waals surface area contributed by atoms with Gasteiger partial charge in [0.15, 0.2) is 0 Å². The molecule has 0 atom stereocenters. The maximum atomic E-state index is 10.4. The standard InChI is InChI=1S/C4H9NO4S.K.H/c1-2-3-9-10(7,8)5-4-6;;/h4H,2-3H2,1H3,(H,5,6);;. The molecule has 0 heterocycles. The quantitative estimate of drug-likeness (QED) is 0.452. The van der Waals surface area contributed by atoms with Gasteiger partial charge in [-0.05, 0) is 6.42 Å². The van der Waals surface area contributed by atoms with Crippen LogP contribution in [0, 0.1) is 0 Å². The molecule has 0 aliphatic carbocycles. The van der Waals surface area contributed by atoms with Crippen LogP contribution >= 0.6 is 0 Å². The SMILES string of the molecule is CCCOS(=O)(=O)NC=O.[KH]. The van der Waals surface area contributed by atoms with Crippen molar-refractivity contribution in [2.45, 2.75) is 13.3 Å². The topological polar surface area (TPSA) is 72.5 Å². The fourth-order valence-corrected chi connectivity index (χ4v) is 0.858. The molecular formula is C4H10KNO4S. The number of nitrogens with one attached hydrogen (secondary N) is 1. The van der Waals surface area contributed by atoms with Crippen molar-refractivity contribution in [3.8, 4) is 0 Å². The molecule has 0 saturated carbocycles. The molecule has 0 aliphatic heterocycles. The Balaban J connectivity index is 0. The van der Waals surface area contributed by atoms with Crippen LogP contribution < -0.4 is 4.72 Å². The van der Waals surface area contributed by atoms with Gasteiger partial charge in [0, 0.05) is 0 Å². The summed E-state index contributed by atoms with van der Waals surface area (Å²) >= 11 is 0. The fraction of sp³-hybridized carbons (Fsp3) is 0.750. The second-order valence-corrected chi connectivity index (χ2v) is 2.89. The molecule has 0 aromatic heterocycles. The van der Waals surface area contributed by atoms with Gasteiger partial charge in [-0.15, -0.1) is 0 Å². The van der Waals surface area contributed by atoms with E-state index >= 15 is 0 Å². The van der Waals surface area contributed by atoms with Crippen LogP contribution in [0.1, 0.15) is 13.3 Å². The Hall–Kier alpha value is 1.02. The molecule has 5 nitrogen and oxygen atoms in total. The Morgan fingerprint density at radius 1 is 1.55 bits per heavy atom. The van der Waals surface area contributed by atoms with Gasteiger partial charge in [-0.25, -0.2) is 4.72 Å². The first-order chi connectivity index (χ1) is 4.62. The van der Waals surface area contributed by atoms with Gasteiger partial charge >= 0.3 is 61.7 Å². The molecule has 11 heavy (non-hydrogen) atoms. The van der Waals surface area contributed by atoms with Gasteiger partial charge in [-0.3, -0.25) is 8.98 Å². The zero-order valence-corrected chi connectivity index (χ0v) is 6.35. The van der Waals surface area contributed by atoms with Gasteiger partial charge in [0.05, 0.1) is 6.61 Å². The molecule has 62 valence electrons. The molecule has 0 spiro atoms. The minimum absolute atomic E-state index is 0. The van der Waals surface area contributed by atoms with Crippen molar-refractivity contribution in [1.82, 2.24) is 4.72 Å². The van der Waals surface area contributed by atoms with E-state index in [1.807, 2.05) is 0 Å². The van der Waals surface area contributed by atoms with Crippen LogP contribution in [0.3, 0.4) is 0 Å². The summed E-state index contributed by atoms with van der Waals surface area (Å²) in [6, 6.07) is 0. The first-order valence-corrected chi connectivity index (χ1v) is 4.13. The molecule has 1 amide bonds. The molecule has 7 heteroatoms. The third-order valence-corrected chi connectivity index (χ3v) is 1.50. The summed E-state index contributed by atoms with van der Waals surface area (Å²) in [6.07, 6.45) is 0.644. The number of hydrogen-bond acceptors (Lipinski definition) is 4. The van der Waals surface area contributed by atoms with Crippen molar-refractivity contribution in [2.75, 3.05) is 6.61 Å². The van der Waals surface area contributed by atoms with Crippen LogP contribution in [-0.4, -0.2) is 72.8 Å². The second kappa shape index (κ2) is 7.65. The third kappa shape index (κ3) is 8.93. The van der Waals surface area contributed by atoms with Crippen LogP contribution in [0.25, 0.3) is 0 Å². The van der Waals surface area contributed by atoms with Gasteiger partial charge < -0.3 is 0 Å². The molecule has 0 saturated heterocycles. The zero-order chi connectivity index (χ0) is 8.04. The van der Waals surface area contributed by atoms with Gasteiger partial charge in [0.2, 0.25) is 6.41 Å². The van der Waals surface area contributed by atoms with Gasteiger partial charge in [0.25, 0.3) is 0 Å². The van der Waals surface area contributed by atoms with E-state index in [4.69, 9.17) is 0 Å². The Morgan fingerprint density at radius 2 is 2.09 bits per heavy atom. The van der Waals surface area contributed by atoms with E-state index in [1.54, 1.807) is 6.92 Å². The Morgan fingerprint density at radius 3 is 2.45 bits per heavy atom. The first-order valence-electron chi connectivity index (χ1n) is 2.72. The van der Waals surface area contributed by atoms with Crippen molar-refractivity contribution in [3.05, 3.63) is 0 Å². The number of hydrogen-bond donors (Lipinski definition) is 1. The summed E-state index contributed by atoms with van der Waals surface area (Å²) < 4.78 is 26.6. The molecular weight excluding hydrogens is 197 g/mol. The second-order valence-electron chi connectivity index (χ2n) is 1.51. The van der Waals surface area contributed by atoms with E-state index in [1.165, 1.54) is 4.72 Å². The molecule has 0 fully saturated rings. The third-order valence-electron chi connectivity index (χ3n) is 0.635. The summed E-state index contributed by atoms with van der Waals surface area (Å²) in [5, 5.41) is 0. The van der Waals surface area contributed by atoms with Crippen molar-refractivity contribution < 1.29 is 17.4 Å². The Kier molecular flexibility index (Phi) is 10.1. The van der Waals surface area contributed by atoms with Crippen molar-refractivity contribution in [2.24, 2.45) is 0 Å². The van der Waals surface area contributed by atoms with E-state index in [0.717, 1.165) is 0 Å². The van der Waals surface area contributed by atoms with Gasteiger partial charge in [-0.1, -0.05) is 6.92 Å². The summed E-state index contributed by atoms with van der Waals surface area (Å²) in [4.78, 5) is 9.61. The van der Waals surface area contributed by atoms with Crippen LogP contribution in [-0.2, 0) is 19.3 Å². The van der Waals surface area contributed by atoms with E-state index in [0.29, 0.717) is 6.42 Å². The molecule has 1 N–H and O–H groups in total. The fourth-order valence-electron chi connectivity index (χ4n) is 0.286. The number of amides is 1. The molecule has 0 radical (unpaired) electrons. The predicted octanol–water partition coefficient (Wildman–Crippen LogP) is -1.24. The number of carbonyl (C=O) groups excluding carboxylic acids is 1. The van der Waals surface area contributed by atoms with Gasteiger partial charge in [0.1, 0.15) is 0 Å². The molecule has 0 aromatic rings. The van der Waals surface area contributed by atoms with Crippen molar-refractivity contribution >= 4 is 68.1 Å². The molecule has 0 aromatic carbocycles. The predicted molar refractivity (Wildman–Crippen MR) is 41.5 cm³/mol. The Bertz CT molecular complexity index is 190. The van der Waals surface area contributed by atoms with Crippen molar-refractivity contribution in [1.29, 1.82) is 0 Å². The van der Waals surface area contributed by atoms with E-state index < -0.39 is 10.3 Å². The molecule has 0 rings (SSSR count). The minimum atomic E-state index is -3.81. The normalized spacial score (nSPS) is 9.91. The summed E-state index contributed by atoms with van der Waals surface area (Å²) in [5.41, 5.74) is 0. The molecule has 0 aliphatic rings. The summed E-state index contributed by atoms with van der Waals surface area (Å²) in [6.45, 7) is 1.85. The van der Waals surface area contributed by atoms with E-state index in [2.05, 4.69) is 4.18 Å². The van der Waals surface area contributed by atoms with E-state index in [-0.39, 0.29) is 64.4 Å². The molecule has 0 bridgehead atoms. The number of carbonyl (C=O) groups is 1. The Labute approximate surface area is 109 Å². The maximum absolute atomic E-state index is 10.4. The van der Waals surface area contributed by atoms with E-state index in [9.17, 15) is 13.2 Å². The van der Waals surface area contributed by atoms with Crippen LogP contribution in [0.15, 0.2) is 0 Å². The number of rotatable bonds is 5. The van der Waals surface area contributed by atoms with Crippen LogP contribution in [0.5, 0.6) is 0 Å². The summed E-state index contributed by atoms with van der Waals surface area (Å²) in [5.74, 6) is 0. The molecule has 0 unspecified atom stereocenters. The average Bonchev–Trinajstić information content (AvgIpc) is 1.84. The first kappa shape index (κ1) is 14.5.